The van der Waals surface area contributed by atoms with E-state index in [-0.39, 0.29) is 17.5 Å². The fourth-order valence-electron chi connectivity index (χ4n) is 2.21. The summed E-state index contributed by atoms with van der Waals surface area (Å²) in [6.45, 7) is 4.13. The number of hydrogen-bond acceptors (Lipinski definition) is 5. The number of amides is 2. The van der Waals surface area contributed by atoms with Crippen molar-refractivity contribution in [1.82, 2.24) is 10.6 Å². The van der Waals surface area contributed by atoms with E-state index in [2.05, 4.69) is 10.6 Å². The molecule has 0 saturated carbocycles. The van der Waals surface area contributed by atoms with Gasteiger partial charge in [-0.1, -0.05) is 25.8 Å². The van der Waals surface area contributed by atoms with Crippen LogP contribution in [-0.2, 0) is 9.59 Å². The molecule has 1 unspecified atom stereocenters. The molecular formula is C17H25N3O5. The summed E-state index contributed by atoms with van der Waals surface area (Å²) in [4.78, 5) is 33.5. The SMILES string of the molecule is CCCCC(NC(C)=O)C(=O)NCCCOc1cccc([N+](=O)[O-])c1. The molecule has 0 aromatic heterocycles. The number of nitrogens with zero attached hydrogens (tertiary/aromatic N) is 1. The van der Waals surface area contributed by atoms with Crippen LogP contribution in [0.5, 0.6) is 5.75 Å². The van der Waals surface area contributed by atoms with Crippen LogP contribution in [0.3, 0.4) is 0 Å². The van der Waals surface area contributed by atoms with E-state index < -0.39 is 11.0 Å². The maximum atomic E-state index is 12.1. The third-order valence-corrected chi connectivity index (χ3v) is 3.46. The summed E-state index contributed by atoms with van der Waals surface area (Å²) in [5.41, 5.74) is -0.0279. The molecule has 2 amide bonds. The second-order valence-corrected chi connectivity index (χ2v) is 5.64. The first kappa shape index (κ1) is 20.4. The lowest BCUT2D eigenvalue weighted by molar-refractivity contribution is -0.384. The summed E-state index contributed by atoms with van der Waals surface area (Å²) in [5.74, 6) is -0.0242. The van der Waals surface area contributed by atoms with Gasteiger partial charge in [-0.05, 0) is 18.9 Å². The average molecular weight is 351 g/mol. The lowest BCUT2D eigenvalue weighted by Gasteiger charge is -2.17. The molecule has 138 valence electrons. The molecular weight excluding hydrogens is 326 g/mol. The average Bonchev–Trinajstić information content (AvgIpc) is 2.58. The monoisotopic (exact) mass is 351 g/mol. The number of benzene rings is 1. The molecule has 0 aliphatic carbocycles. The van der Waals surface area contributed by atoms with E-state index in [1.54, 1.807) is 12.1 Å². The maximum Gasteiger partial charge on any atom is 0.273 e. The van der Waals surface area contributed by atoms with Crippen molar-refractivity contribution in [3.63, 3.8) is 0 Å². The number of nitro groups is 1. The number of unbranched alkanes of at least 4 members (excludes halogenated alkanes) is 1. The molecule has 1 aromatic rings. The topological polar surface area (TPSA) is 111 Å². The molecule has 0 saturated heterocycles. The van der Waals surface area contributed by atoms with Crippen molar-refractivity contribution in [2.45, 2.75) is 45.6 Å². The lowest BCUT2D eigenvalue weighted by atomic mass is 10.1. The standard InChI is InChI=1S/C17H25N3O5/c1-3-4-9-16(19-13(2)21)17(22)18-10-6-11-25-15-8-5-7-14(12-15)20(23)24/h5,7-8,12,16H,3-4,6,9-11H2,1-2H3,(H,18,22)(H,19,21). The minimum Gasteiger partial charge on any atom is -0.493 e. The molecule has 25 heavy (non-hydrogen) atoms. The van der Waals surface area contributed by atoms with Crippen LogP contribution in [0, 0.1) is 10.1 Å². The van der Waals surface area contributed by atoms with Crippen molar-refractivity contribution in [2.75, 3.05) is 13.2 Å². The van der Waals surface area contributed by atoms with Crippen LogP contribution in [-0.4, -0.2) is 35.9 Å². The number of rotatable bonds is 11. The van der Waals surface area contributed by atoms with E-state index in [1.807, 2.05) is 6.92 Å². The quantitative estimate of drug-likeness (QED) is 0.361. The highest BCUT2D eigenvalue weighted by molar-refractivity contribution is 5.86. The highest BCUT2D eigenvalue weighted by Crippen LogP contribution is 2.18. The number of carbonyl (C=O) groups is 2. The fourth-order valence-corrected chi connectivity index (χ4v) is 2.21. The molecule has 1 rings (SSSR count). The first-order valence-electron chi connectivity index (χ1n) is 8.36. The van der Waals surface area contributed by atoms with E-state index in [0.29, 0.717) is 31.7 Å². The Hall–Kier alpha value is -2.64. The van der Waals surface area contributed by atoms with Gasteiger partial charge in [0.2, 0.25) is 11.8 Å². The number of nitrogens with one attached hydrogen (secondary N) is 2. The van der Waals surface area contributed by atoms with Crippen LogP contribution in [0.15, 0.2) is 24.3 Å². The van der Waals surface area contributed by atoms with E-state index >= 15 is 0 Å². The van der Waals surface area contributed by atoms with Gasteiger partial charge in [0.05, 0.1) is 17.6 Å². The fraction of sp³-hybridized carbons (Fsp3) is 0.529. The number of nitro benzene ring substituents is 1. The number of carbonyl (C=O) groups excluding carboxylic acids is 2. The van der Waals surface area contributed by atoms with Crippen molar-refractivity contribution >= 4 is 17.5 Å². The summed E-state index contributed by atoms with van der Waals surface area (Å²) in [7, 11) is 0. The van der Waals surface area contributed by atoms with Gasteiger partial charge in [0.15, 0.2) is 0 Å². The Labute approximate surface area is 147 Å². The zero-order valence-corrected chi connectivity index (χ0v) is 14.6. The molecule has 0 fully saturated rings. The second kappa shape index (κ2) is 11.0. The zero-order chi connectivity index (χ0) is 18.7. The Morgan fingerprint density at radius 2 is 2.08 bits per heavy atom. The number of ether oxygens (including phenoxy) is 1. The van der Waals surface area contributed by atoms with E-state index in [0.717, 1.165) is 12.8 Å². The molecule has 0 aliphatic heterocycles. The summed E-state index contributed by atoms with van der Waals surface area (Å²) in [6, 6.07) is 5.43. The third-order valence-electron chi connectivity index (χ3n) is 3.46. The molecule has 0 bridgehead atoms. The molecule has 0 aliphatic rings. The predicted octanol–water partition coefficient (Wildman–Crippen LogP) is 2.17. The summed E-state index contributed by atoms with van der Waals surface area (Å²) < 4.78 is 5.44. The summed E-state index contributed by atoms with van der Waals surface area (Å²) in [6.07, 6.45) is 2.95. The van der Waals surface area contributed by atoms with E-state index in [9.17, 15) is 19.7 Å². The first-order valence-corrected chi connectivity index (χ1v) is 8.36. The molecule has 1 atom stereocenters. The normalized spacial score (nSPS) is 11.4. The predicted molar refractivity (Wildman–Crippen MR) is 93.3 cm³/mol. The highest BCUT2D eigenvalue weighted by atomic mass is 16.6. The van der Waals surface area contributed by atoms with Gasteiger partial charge < -0.3 is 15.4 Å². The van der Waals surface area contributed by atoms with Gasteiger partial charge in [-0.2, -0.15) is 0 Å². The molecule has 0 spiro atoms. The van der Waals surface area contributed by atoms with Gasteiger partial charge >= 0.3 is 0 Å². The van der Waals surface area contributed by atoms with Crippen molar-refractivity contribution in [2.24, 2.45) is 0 Å². The second-order valence-electron chi connectivity index (χ2n) is 5.64. The first-order chi connectivity index (χ1) is 11.9. The minimum atomic E-state index is -0.518. The van der Waals surface area contributed by atoms with Crippen LogP contribution in [0.2, 0.25) is 0 Å². The Morgan fingerprint density at radius 1 is 1.32 bits per heavy atom. The lowest BCUT2D eigenvalue weighted by Crippen LogP contribution is -2.46. The molecule has 0 radical (unpaired) electrons. The number of hydrogen-bond donors (Lipinski definition) is 2. The largest absolute Gasteiger partial charge is 0.493 e. The van der Waals surface area contributed by atoms with Crippen LogP contribution < -0.4 is 15.4 Å². The van der Waals surface area contributed by atoms with Crippen molar-refractivity contribution in [3.05, 3.63) is 34.4 Å². The smallest absolute Gasteiger partial charge is 0.273 e. The Bertz CT molecular complexity index is 591. The van der Waals surface area contributed by atoms with E-state index in [1.165, 1.54) is 19.1 Å². The highest BCUT2D eigenvalue weighted by Gasteiger charge is 2.18. The van der Waals surface area contributed by atoms with Gasteiger partial charge in [-0.15, -0.1) is 0 Å². The van der Waals surface area contributed by atoms with Crippen molar-refractivity contribution in [3.8, 4) is 5.75 Å². The molecule has 2 N–H and O–H groups in total. The third kappa shape index (κ3) is 8.14. The Kier molecular flexibility index (Phi) is 8.99. The Morgan fingerprint density at radius 3 is 2.72 bits per heavy atom. The van der Waals surface area contributed by atoms with Gasteiger partial charge in [-0.25, -0.2) is 0 Å². The van der Waals surface area contributed by atoms with Crippen LogP contribution in [0.4, 0.5) is 5.69 Å². The van der Waals surface area contributed by atoms with Crippen LogP contribution >= 0.6 is 0 Å². The zero-order valence-electron chi connectivity index (χ0n) is 14.6. The van der Waals surface area contributed by atoms with Crippen molar-refractivity contribution in [1.29, 1.82) is 0 Å². The Balaban J connectivity index is 2.33. The van der Waals surface area contributed by atoms with Crippen LogP contribution in [0.1, 0.15) is 39.5 Å². The van der Waals surface area contributed by atoms with Crippen LogP contribution in [0.25, 0.3) is 0 Å². The molecule has 0 heterocycles. The van der Waals surface area contributed by atoms with E-state index in [4.69, 9.17) is 4.74 Å². The van der Waals surface area contributed by atoms with Crippen molar-refractivity contribution < 1.29 is 19.2 Å². The molecule has 8 nitrogen and oxygen atoms in total. The van der Waals surface area contributed by atoms with Gasteiger partial charge in [0.1, 0.15) is 11.8 Å². The van der Waals surface area contributed by atoms with Gasteiger partial charge in [0, 0.05) is 19.5 Å². The van der Waals surface area contributed by atoms with Gasteiger partial charge in [0.25, 0.3) is 5.69 Å². The summed E-state index contributed by atoms with van der Waals surface area (Å²) in [5, 5.41) is 16.1. The maximum absolute atomic E-state index is 12.1. The number of non-ortho nitro benzene ring substituents is 1. The van der Waals surface area contributed by atoms with Gasteiger partial charge in [-0.3, -0.25) is 19.7 Å². The molecule has 1 aromatic carbocycles. The summed E-state index contributed by atoms with van der Waals surface area (Å²) >= 11 is 0. The molecule has 8 heteroatoms. The minimum absolute atomic E-state index is 0.0279.